The molecule has 1 N–H and O–H groups in total. The van der Waals surface area contributed by atoms with Crippen LogP contribution >= 0.6 is 0 Å². The molecule has 1 fully saturated rings. The van der Waals surface area contributed by atoms with Crippen LogP contribution < -0.4 is 5.32 Å². The molecule has 1 amide bonds. The lowest BCUT2D eigenvalue weighted by atomic mass is 10.1. The van der Waals surface area contributed by atoms with Gasteiger partial charge in [-0.15, -0.1) is 0 Å². The molecule has 0 saturated carbocycles. The van der Waals surface area contributed by atoms with Crippen molar-refractivity contribution in [3.8, 4) is 0 Å². The van der Waals surface area contributed by atoms with Crippen LogP contribution in [0, 0.1) is 0 Å². The first-order valence-corrected chi connectivity index (χ1v) is 7.99. The molecule has 4 heteroatoms. The molecule has 1 unspecified atom stereocenters. The molecule has 1 atom stereocenters. The lowest BCUT2D eigenvalue weighted by Gasteiger charge is -2.24. The van der Waals surface area contributed by atoms with Gasteiger partial charge >= 0.3 is 0 Å². The van der Waals surface area contributed by atoms with Crippen molar-refractivity contribution in [2.75, 3.05) is 31.6 Å². The molecule has 0 bridgehead atoms. The average molecular weight is 290 g/mol. The van der Waals surface area contributed by atoms with Gasteiger partial charge in [-0.3, -0.25) is 4.79 Å². The number of likely N-dealkylation sites (N-methyl/N-ethyl adjacent to an activating group) is 1. The normalized spacial score (nSPS) is 17.7. The summed E-state index contributed by atoms with van der Waals surface area (Å²) in [5.74, 6) is 0.0926. The Hall–Kier alpha value is -1.55. The first kappa shape index (κ1) is 15.8. The molecule has 0 aromatic heterocycles. The topological polar surface area (TPSA) is 41.6 Å². The van der Waals surface area contributed by atoms with Crippen LogP contribution in [0.1, 0.15) is 43.5 Å². The molecular formula is C17H26N2O2. The standard InChI is InChI=1S/C17H26N2O2/c1-3-11-18-15-9-7-14(8-10-15)17(20)19(4-2)13-16-6-5-12-21-16/h7-10,16,18H,3-6,11-13H2,1-2H3. The van der Waals surface area contributed by atoms with Crippen LogP contribution in [0.25, 0.3) is 0 Å². The first-order valence-electron chi connectivity index (χ1n) is 7.99. The molecule has 1 aromatic carbocycles. The van der Waals surface area contributed by atoms with E-state index in [1.807, 2.05) is 36.1 Å². The summed E-state index contributed by atoms with van der Waals surface area (Å²) in [4.78, 5) is 14.4. The number of amides is 1. The predicted octanol–water partition coefficient (Wildman–Crippen LogP) is 3.15. The number of nitrogens with zero attached hydrogens (tertiary/aromatic N) is 1. The Morgan fingerprint density at radius 2 is 2.10 bits per heavy atom. The van der Waals surface area contributed by atoms with Crippen molar-refractivity contribution in [1.82, 2.24) is 4.90 Å². The second-order valence-corrected chi connectivity index (χ2v) is 5.48. The number of nitrogens with one attached hydrogen (secondary N) is 1. The van der Waals surface area contributed by atoms with Gasteiger partial charge in [0.05, 0.1) is 6.10 Å². The number of anilines is 1. The van der Waals surface area contributed by atoms with E-state index in [9.17, 15) is 4.79 Å². The number of benzene rings is 1. The van der Waals surface area contributed by atoms with Gasteiger partial charge in [0.25, 0.3) is 5.91 Å². The van der Waals surface area contributed by atoms with E-state index in [0.29, 0.717) is 13.1 Å². The van der Waals surface area contributed by atoms with Gasteiger partial charge in [-0.05, 0) is 50.5 Å². The Bertz CT molecular complexity index is 439. The monoisotopic (exact) mass is 290 g/mol. The van der Waals surface area contributed by atoms with E-state index in [2.05, 4.69) is 12.2 Å². The second-order valence-electron chi connectivity index (χ2n) is 5.48. The van der Waals surface area contributed by atoms with Gasteiger partial charge < -0.3 is 15.0 Å². The highest BCUT2D eigenvalue weighted by atomic mass is 16.5. The van der Waals surface area contributed by atoms with Crippen molar-refractivity contribution in [1.29, 1.82) is 0 Å². The zero-order chi connectivity index (χ0) is 15.1. The van der Waals surface area contributed by atoms with Gasteiger partial charge in [0.1, 0.15) is 0 Å². The van der Waals surface area contributed by atoms with Crippen molar-refractivity contribution in [2.45, 2.75) is 39.2 Å². The number of rotatable bonds is 7. The highest BCUT2D eigenvalue weighted by Crippen LogP contribution is 2.16. The second kappa shape index (κ2) is 8.03. The van der Waals surface area contributed by atoms with Gasteiger partial charge in [-0.2, -0.15) is 0 Å². The molecule has 1 aromatic rings. The van der Waals surface area contributed by atoms with Gasteiger partial charge in [-0.25, -0.2) is 0 Å². The summed E-state index contributed by atoms with van der Waals surface area (Å²) in [5, 5.41) is 3.32. The number of carbonyl (C=O) groups excluding carboxylic acids is 1. The summed E-state index contributed by atoms with van der Waals surface area (Å²) in [6.07, 6.45) is 3.46. The van der Waals surface area contributed by atoms with Gasteiger partial charge in [0.2, 0.25) is 0 Å². The van der Waals surface area contributed by atoms with E-state index >= 15 is 0 Å². The Morgan fingerprint density at radius 1 is 1.33 bits per heavy atom. The van der Waals surface area contributed by atoms with Crippen LogP contribution in [0.15, 0.2) is 24.3 Å². The molecule has 1 aliphatic rings. The SMILES string of the molecule is CCCNc1ccc(C(=O)N(CC)CC2CCCO2)cc1. The molecule has 1 saturated heterocycles. The maximum atomic E-state index is 12.5. The highest BCUT2D eigenvalue weighted by molar-refractivity contribution is 5.94. The van der Waals surface area contributed by atoms with E-state index in [0.717, 1.165) is 43.7 Å². The molecule has 21 heavy (non-hydrogen) atoms. The molecule has 4 nitrogen and oxygen atoms in total. The summed E-state index contributed by atoms with van der Waals surface area (Å²) >= 11 is 0. The molecule has 0 radical (unpaired) electrons. The minimum Gasteiger partial charge on any atom is -0.385 e. The minimum absolute atomic E-state index is 0.0926. The first-order chi connectivity index (χ1) is 10.2. The lowest BCUT2D eigenvalue weighted by Crippen LogP contribution is -2.37. The van der Waals surface area contributed by atoms with Gasteiger partial charge in [0.15, 0.2) is 0 Å². The van der Waals surface area contributed by atoms with Gasteiger partial charge in [-0.1, -0.05) is 6.92 Å². The minimum atomic E-state index is 0.0926. The van der Waals surface area contributed by atoms with Crippen LogP contribution in [0.3, 0.4) is 0 Å². The summed E-state index contributed by atoms with van der Waals surface area (Å²) < 4.78 is 5.63. The van der Waals surface area contributed by atoms with E-state index in [1.165, 1.54) is 0 Å². The van der Waals surface area contributed by atoms with Gasteiger partial charge in [0, 0.05) is 37.5 Å². The van der Waals surface area contributed by atoms with Crippen LogP contribution in [0.2, 0.25) is 0 Å². The fourth-order valence-electron chi connectivity index (χ4n) is 2.57. The van der Waals surface area contributed by atoms with E-state index in [4.69, 9.17) is 4.74 Å². The van der Waals surface area contributed by atoms with Crippen LogP contribution in [0.4, 0.5) is 5.69 Å². The zero-order valence-corrected chi connectivity index (χ0v) is 13.1. The molecular weight excluding hydrogens is 264 g/mol. The Balaban J connectivity index is 1.96. The maximum Gasteiger partial charge on any atom is 0.253 e. The summed E-state index contributed by atoms with van der Waals surface area (Å²) in [6.45, 7) is 7.35. The maximum absolute atomic E-state index is 12.5. The quantitative estimate of drug-likeness (QED) is 0.838. The van der Waals surface area contributed by atoms with Crippen molar-refractivity contribution < 1.29 is 9.53 Å². The predicted molar refractivity (Wildman–Crippen MR) is 85.8 cm³/mol. The third kappa shape index (κ3) is 4.46. The third-order valence-corrected chi connectivity index (χ3v) is 3.83. The van der Waals surface area contributed by atoms with E-state index < -0.39 is 0 Å². The van der Waals surface area contributed by atoms with E-state index in [1.54, 1.807) is 0 Å². The van der Waals surface area contributed by atoms with Crippen LogP contribution in [-0.2, 0) is 4.74 Å². The summed E-state index contributed by atoms with van der Waals surface area (Å²) in [6, 6.07) is 7.75. The number of ether oxygens (including phenoxy) is 1. The Morgan fingerprint density at radius 3 is 2.67 bits per heavy atom. The lowest BCUT2D eigenvalue weighted by molar-refractivity contribution is 0.0539. The number of hydrogen-bond acceptors (Lipinski definition) is 3. The number of hydrogen-bond donors (Lipinski definition) is 1. The van der Waals surface area contributed by atoms with Crippen molar-refractivity contribution in [2.24, 2.45) is 0 Å². The average Bonchev–Trinajstić information content (AvgIpc) is 3.03. The summed E-state index contributed by atoms with van der Waals surface area (Å²) in [5.41, 5.74) is 1.81. The van der Waals surface area contributed by atoms with Crippen LogP contribution in [-0.4, -0.2) is 43.2 Å². The molecule has 1 heterocycles. The van der Waals surface area contributed by atoms with E-state index in [-0.39, 0.29) is 12.0 Å². The molecule has 0 aliphatic carbocycles. The van der Waals surface area contributed by atoms with Crippen molar-refractivity contribution in [3.63, 3.8) is 0 Å². The van der Waals surface area contributed by atoms with Crippen molar-refractivity contribution >= 4 is 11.6 Å². The summed E-state index contributed by atoms with van der Waals surface area (Å²) in [7, 11) is 0. The fourth-order valence-corrected chi connectivity index (χ4v) is 2.57. The smallest absolute Gasteiger partial charge is 0.253 e. The molecule has 0 spiro atoms. The molecule has 1 aliphatic heterocycles. The highest BCUT2D eigenvalue weighted by Gasteiger charge is 2.22. The molecule has 116 valence electrons. The Labute approximate surface area is 127 Å². The van der Waals surface area contributed by atoms with Crippen molar-refractivity contribution in [3.05, 3.63) is 29.8 Å². The fraction of sp³-hybridized carbons (Fsp3) is 0.588. The zero-order valence-electron chi connectivity index (χ0n) is 13.1. The Kier molecular flexibility index (Phi) is 6.05. The third-order valence-electron chi connectivity index (χ3n) is 3.83. The number of carbonyl (C=O) groups is 1. The van der Waals surface area contributed by atoms with Crippen LogP contribution in [0.5, 0.6) is 0 Å². The molecule has 2 rings (SSSR count). The largest absolute Gasteiger partial charge is 0.385 e.